The largest absolute Gasteiger partial charge is 0.320 e. The number of nitrogens with zero attached hydrogens (tertiary/aromatic N) is 1. The molecule has 0 aliphatic heterocycles. The Balaban J connectivity index is 3.84. The van der Waals surface area contributed by atoms with Crippen LogP contribution >= 0.6 is 15.9 Å². The zero-order valence-electron chi connectivity index (χ0n) is 9.65. The molecule has 1 unspecified atom stereocenters. The van der Waals surface area contributed by atoms with E-state index < -0.39 is 0 Å². The van der Waals surface area contributed by atoms with Crippen molar-refractivity contribution in [3.63, 3.8) is 0 Å². The van der Waals surface area contributed by atoms with Gasteiger partial charge in [0.05, 0.1) is 0 Å². The lowest BCUT2D eigenvalue weighted by atomic mass is 10.1. The molecule has 0 aromatic rings. The van der Waals surface area contributed by atoms with E-state index in [9.17, 15) is 0 Å². The molecule has 0 amide bonds. The van der Waals surface area contributed by atoms with Crippen molar-refractivity contribution in [1.29, 1.82) is 0 Å². The first-order valence-corrected chi connectivity index (χ1v) is 6.47. The summed E-state index contributed by atoms with van der Waals surface area (Å²) in [5, 5.41) is 3.17. The lowest BCUT2D eigenvalue weighted by Crippen LogP contribution is -2.12. The first kappa shape index (κ1) is 14.1. The average molecular weight is 263 g/mol. The fourth-order valence-corrected chi connectivity index (χ4v) is 1.71. The molecule has 0 saturated carbocycles. The second-order valence-electron chi connectivity index (χ2n) is 3.46. The van der Waals surface area contributed by atoms with Crippen LogP contribution in [0.25, 0.3) is 0 Å². The van der Waals surface area contributed by atoms with Gasteiger partial charge in [0.25, 0.3) is 0 Å². The molecule has 0 radical (unpaired) electrons. The topological polar surface area (TPSA) is 24.4 Å². The molecule has 0 heterocycles. The number of aliphatic imine (C=N–C) groups is 1. The van der Waals surface area contributed by atoms with Crippen molar-refractivity contribution in [3.05, 3.63) is 0 Å². The van der Waals surface area contributed by atoms with E-state index in [1.54, 1.807) is 0 Å². The molecule has 1 atom stereocenters. The Hall–Kier alpha value is 0.110. The highest BCUT2D eigenvalue weighted by atomic mass is 79.9. The summed E-state index contributed by atoms with van der Waals surface area (Å²) in [6, 6.07) is 0. The second kappa shape index (κ2) is 9.66. The summed E-state index contributed by atoms with van der Waals surface area (Å²) in [5.41, 5.74) is 1.37. The molecule has 3 heteroatoms. The van der Waals surface area contributed by atoms with Crippen LogP contribution in [0.5, 0.6) is 0 Å². The Morgan fingerprint density at radius 2 is 2.14 bits per heavy atom. The van der Waals surface area contributed by atoms with E-state index in [2.05, 4.69) is 40.1 Å². The number of nitrogens with one attached hydrogen (secondary N) is 1. The van der Waals surface area contributed by atoms with Crippen LogP contribution in [0.1, 0.15) is 39.5 Å². The Bertz CT molecular complexity index is 157. The third kappa shape index (κ3) is 7.51. The van der Waals surface area contributed by atoms with Crippen molar-refractivity contribution >= 4 is 21.6 Å². The molecule has 0 bridgehead atoms. The summed E-state index contributed by atoms with van der Waals surface area (Å²) in [6.45, 7) is 6.31. The minimum absolute atomic E-state index is 0.599. The molecule has 84 valence electrons. The van der Waals surface area contributed by atoms with Gasteiger partial charge in [0.1, 0.15) is 0 Å². The minimum Gasteiger partial charge on any atom is -0.320 e. The van der Waals surface area contributed by atoms with Crippen molar-refractivity contribution in [2.24, 2.45) is 4.99 Å². The highest BCUT2D eigenvalue weighted by molar-refractivity contribution is 9.09. The molecule has 0 aromatic carbocycles. The van der Waals surface area contributed by atoms with Crippen LogP contribution in [0.4, 0.5) is 0 Å². The standard InChI is InChI=1S/C11H23BrN2/c1-4-10(12)9-11(14-5-2)7-6-8-13-3/h10,13H,4-9H2,1-3H3/b14-11-. The fraction of sp³-hybridized carbons (Fsp3) is 0.909. The highest BCUT2D eigenvalue weighted by Crippen LogP contribution is 2.12. The number of hydrogen-bond donors (Lipinski definition) is 1. The maximum Gasteiger partial charge on any atom is 0.0360 e. The average Bonchev–Trinajstić information content (AvgIpc) is 2.18. The maximum atomic E-state index is 4.54. The van der Waals surface area contributed by atoms with E-state index >= 15 is 0 Å². The summed E-state index contributed by atoms with van der Waals surface area (Å²) in [4.78, 5) is 5.14. The van der Waals surface area contributed by atoms with Crippen LogP contribution in [0.15, 0.2) is 4.99 Å². The quantitative estimate of drug-likeness (QED) is 0.406. The summed E-state index contributed by atoms with van der Waals surface area (Å²) in [7, 11) is 2.00. The molecule has 0 spiro atoms. The van der Waals surface area contributed by atoms with Crippen molar-refractivity contribution in [2.45, 2.75) is 44.4 Å². The molecule has 0 aromatic heterocycles. The normalized spacial score (nSPS) is 14.4. The molecular formula is C11H23BrN2. The van der Waals surface area contributed by atoms with Gasteiger partial charge in [-0.05, 0) is 46.2 Å². The summed E-state index contributed by atoms with van der Waals surface area (Å²) in [5.74, 6) is 0. The van der Waals surface area contributed by atoms with Gasteiger partial charge in [-0.1, -0.05) is 22.9 Å². The highest BCUT2D eigenvalue weighted by Gasteiger charge is 2.06. The number of halogens is 1. The van der Waals surface area contributed by atoms with Gasteiger partial charge in [-0.3, -0.25) is 4.99 Å². The molecular weight excluding hydrogens is 240 g/mol. The van der Waals surface area contributed by atoms with Gasteiger partial charge in [-0.2, -0.15) is 0 Å². The summed E-state index contributed by atoms with van der Waals surface area (Å²) < 4.78 is 0. The van der Waals surface area contributed by atoms with Crippen molar-refractivity contribution in [1.82, 2.24) is 5.32 Å². The molecule has 0 fully saturated rings. The van der Waals surface area contributed by atoms with Crippen LogP contribution < -0.4 is 5.32 Å². The first-order valence-electron chi connectivity index (χ1n) is 5.55. The number of alkyl halides is 1. The Labute approximate surface area is 96.7 Å². The van der Waals surface area contributed by atoms with E-state index in [1.807, 2.05) is 7.05 Å². The zero-order chi connectivity index (χ0) is 10.8. The Morgan fingerprint density at radius 3 is 2.64 bits per heavy atom. The van der Waals surface area contributed by atoms with Gasteiger partial charge in [0, 0.05) is 17.1 Å². The number of rotatable bonds is 8. The van der Waals surface area contributed by atoms with Crippen molar-refractivity contribution in [3.8, 4) is 0 Å². The molecule has 0 aliphatic carbocycles. The van der Waals surface area contributed by atoms with Gasteiger partial charge >= 0.3 is 0 Å². The molecule has 0 saturated heterocycles. The van der Waals surface area contributed by atoms with E-state index in [1.165, 1.54) is 18.6 Å². The van der Waals surface area contributed by atoms with Gasteiger partial charge in [-0.25, -0.2) is 0 Å². The summed E-state index contributed by atoms with van der Waals surface area (Å²) >= 11 is 3.66. The molecule has 0 rings (SSSR count). The Morgan fingerprint density at radius 1 is 1.43 bits per heavy atom. The van der Waals surface area contributed by atoms with Gasteiger partial charge in [0.15, 0.2) is 0 Å². The fourth-order valence-electron chi connectivity index (χ4n) is 1.34. The second-order valence-corrected chi connectivity index (χ2v) is 4.75. The minimum atomic E-state index is 0.599. The van der Waals surface area contributed by atoms with Crippen LogP contribution in [0.3, 0.4) is 0 Å². The lowest BCUT2D eigenvalue weighted by molar-refractivity contribution is 0.735. The SMILES string of the molecule is CC/N=C(/CCCNC)CC(Br)CC. The monoisotopic (exact) mass is 262 g/mol. The first-order chi connectivity index (χ1) is 6.74. The predicted molar refractivity (Wildman–Crippen MR) is 68.8 cm³/mol. The smallest absolute Gasteiger partial charge is 0.0360 e. The van der Waals surface area contributed by atoms with Crippen LogP contribution in [0, 0.1) is 0 Å². The Kier molecular flexibility index (Phi) is 9.73. The van der Waals surface area contributed by atoms with E-state index in [-0.39, 0.29) is 0 Å². The van der Waals surface area contributed by atoms with E-state index in [4.69, 9.17) is 0 Å². The van der Waals surface area contributed by atoms with Gasteiger partial charge in [0.2, 0.25) is 0 Å². The molecule has 2 nitrogen and oxygen atoms in total. The van der Waals surface area contributed by atoms with Crippen LogP contribution in [0.2, 0.25) is 0 Å². The van der Waals surface area contributed by atoms with Gasteiger partial charge in [-0.15, -0.1) is 0 Å². The summed E-state index contributed by atoms with van der Waals surface area (Å²) in [6.07, 6.45) is 4.61. The van der Waals surface area contributed by atoms with Crippen LogP contribution in [-0.2, 0) is 0 Å². The molecule has 1 N–H and O–H groups in total. The van der Waals surface area contributed by atoms with Crippen LogP contribution in [-0.4, -0.2) is 30.7 Å². The van der Waals surface area contributed by atoms with E-state index in [0.29, 0.717) is 4.83 Å². The lowest BCUT2D eigenvalue weighted by Gasteiger charge is -2.10. The molecule has 14 heavy (non-hydrogen) atoms. The third-order valence-electron chi connectivity index (χ3n) is 2.17. The van der Waals surface area contributed by atoms with E-state index in [0.717, 1.165) is 25.9 Å². The number of hydrogen-bond acceptors (Lipinski definition) is 2. The van der Waals surface area contributed by atoms with Crippen molar-refractivity contribution in [2.75, 3.05) is 20.1 Å². The van der Waals surface area contributed by atoms with Crippen molar-refractivity contribution < 1.29 is 0 Å². The maximum absolute atomic E-state index is 4.54. The zero-order valence-corrected chi connectivity index (χ0v) is 11.2. The predicted octanol–water partition coefficient (Wildman–Crippen LogP) is 3.01. The molecule has 0 aliphatic rings. The van der Waals surface area contributed by atoms with Gasteiger partial charge < -0.3 is 5.32 Å². The third-order valence-corrected chi connectivity index (χ3v) is 3.15.